The van der Waals surface area contributed by atoms with Crippen LogP contribution in [-0.2, 0) is 16.6 Å². The average Bonchev–Trinajstić information content (AvgIpc) is 3.15. The summed E-state index contributed by atoms with van der Waals surface area (Å²) in [5.41, 5.74) is 2.41. The summed E-state index contributed by atoms with van der Waals surface area (Å²) in [6, 6.07) is 7.18. The van der Waals surface area contributed by atoms with Gasteiger partial charge in [0.05, 0.1) is 25.9 Å². The van der Waals surface area contributed by atoms with E-state index in [1.165, 1.54) is 0 Å². The number of aliphatic imine (C=N–C) groups is 1. The third-order valence-electron chi connectivity index (χ3n) is 4.39. The van der Waals surface area contributed by atoms with Crippen molar-refractivity contribution in [3.63, 3.8) is 0 Å². The SMILES string of the molecule is C#Cc1cccc(NC(=O)CNC(=NC)N2CCOC(c3cnn(C)c3)C2)c1. The number of aryl methyl sites for hydroxylation is 1. The molecule has 3 rings (SSSR count). The molecule has 0 bridgehead atoms. The summed E-state index contributed by atoms with van der Waals surface area (Å²) in [4.78, 5) is 18.6. The second-order valence-corrected chi connectivity index (χ2v) is 6.43. The first-order chi connectivity index (χ1) is 13.6. The zero-order valence-corrected chi connectivity index (χ0v) is 16.1. The molecule has 1 aromatic heterocycles. The van der Waals surface area contributed by atoms with Gasteiger partial charge in [0.15, 0.2) is 5.96 Å². The van der Waals surface area contributed by atoms with Crippen LogP contribution in [0.4, 0.5) is 5.69 Å². The van der Waals surface area contributed by atoms with Gasteiger partial charge < -0.3 is 20.3 Å². The number of carbonyl (C=O) groups is 1. The van der Waals surface area contributed by atoms with Crippen molar-refractivity contribution in [1.82, 2.24) is 20.0 Å². The van der Waals surface area contributed by atoms with Crippen LogP contribution in [0, 0.1) is 12.3 Å². The van der Waals surface area contributed by atoms with Crippen molar-refractivity contribution in [1.29, 1.82) is 0 Å². The Labute approximate surface area is 164 Å². The molecule has 28 heavy (non-hydrogen) atoms. The predicted octanol–water partition coefficient (Wildman–Crippen LogP) is 0.989. The molecule has 1 aromatic carbocycles. The number of terminal acetylenes is 1. The summed E-state index contributed by atoms with van der Waals surface area (Å²) in [5, 5.41) is 10.1. The number of carbonyl (C=O) groups excluding carboxylic acids is 1. The minimum atomic E-state index is -0.174. The van der Waals surface area contributed by atoms with Crippen molar-refractivity contribution in [2.45, 2.75) is 6.10 Å². The van der Waals surface area contributed by atoms with E-state index in [-0.39, 0.29) is 18.6 Å². The van der Waals surface area contributed by atoms with Crippen LogP contribution in [0.2, 0.25) is 0 Å². The number of rotatable bonds is 4. The molecule has 8 nitrogen and oxygen atoms in total. The Kier molecular flexibility index (Phi) is 6.29. The number of benzene rings is 1. The second-order valence-electron chi connectivity index (χ2n) is 6.43. The Morgan fingerprint density at radius 2 is 2.36 bits per heavy atom. The van der Waals surface area contributed by atoms with Crippen LogP contribution in [-0.4, -0.2) is 59.8 Å². The molecule has 2 aromatic rings. The largest absolute Gasteiger partial charge is 0.370 e. The first-order valence-corrected chi connectivity index (χ1v) is 9.01. The average molecular weight is 380 g/mol. The number of anilines is 1. The Morgan fingerprint density at radius 1 is 1.50 bits per heavy atom. The maximum Gasteiger partial charge on any atom is 0.243 e. The summed E-state index contributed by atoms with van der Waals surface area (Å²) < 4.78 is 7.61. The molecule has 0 radical (unpaired) electrons. The lowest BCUT2D eigenvalue weighted by Crippen LogP contribution is -2.49. The van der Waals surface area contributed by atoms with Gasteiger partial charge in [0.1, 0.15) is 6.10 Å². The van der Waals surface area contributed by atoms with Crippen LogP contribution in [0.15, 0.2) is 41.7 Å². The van der Waals surface area contributed by atoms with Crippen LogP contribution in [0.25, 0.3) is 0 Å². The molecule has 1 atom stereocenters. The van der Waals surface area contributed by atoms with Crippen molar-refractivity contribution < 1.29 is 9.53 Å². The van der Waals surface area contributed by atoms with Crippen molar-refractivity contribution in [2.24, 2.45) is 12.0 Å². The predicted molar refractivity (Wildman–Crippen MR) is 108 cm³/mol. The molecule has 0 saturated carbocycles. The minimum absolute atomic E-state index is 0.0821. The molecule has 1 fully saturated rings. The molecule has 0 spiro atoms. The molecule has 1 unspecified atom stereocenters. The number of amides is 1. The van der Waals surface area contributed by atoms with E-state index in [1.807, 2.05) is 31.6 Å². The Balaban J connectivity index is 1.55. The zero-order chi connectivity index (χ0) is 19.9. The lowest BCUT2D eigenvalue weighted by Gasteiger charge is -2.34. The fourth-order valence-corrected chi connectivity index (χ4v) is 3.03. The van der Waals surface area contributed by atoms with Crippen LogP contribution in [0.3, 0.4) is 0 Å². The standard InChI is InChI=1S/C20H24N6O2/c1-4-15-6-5-7-17(10-15)24-19(27)12-22-20(21-2)26-8-9-28-18(14-26)16-11-23-25(3)13-16/h1,5-7,10-11,13,18H,8-9,12,14H2,2-3H3,(H,21,22)(H,24,27). The quantitative estimate of drug-likeness (QED) is 0.470. The molecule has 1 aliphatic heterocycles. The zero-order valence-electron chi connectivity index (χ0n) is 16.1. The van der Waals surface area contributed by atoms with Crippen LogP contribution >= 0.6 is 0 Å². The van der Waals surface area contributed by atoms with Crippen molar-refractivity contribution in [3.8, 4) is 12.3 Å². The van der Waals surface area contributed by atoms with E-state index in [1.54, 1.807) is 23.9 Å². The van der Waals surface area contributed by atoms with Gasteiger partial charge in [-0.25, -0.2) is 0 Å². The van der Waals surface area contributed by atoms with Gasteiger partial charge in [0.2, 0.25) is 5.91 Å². The Morgan fingerprint density at radius 3 is 3.07 bits per heavy atom. The topological polar surface area (TPSA) is 83.8 Å². The molecule has 0 aliphatic carbocycles. The maximum atomic E-state index is 12.3. The highest BCUT2D eigenvalue weighted by Gasteiger charge is 2.25. The molecule has 1 saturated heterocycles. The second kappa shape index (κ2) is 9.06. The lowest BCUT2D eigenvalue weighted by atomic mass is 10.1. The lowest BCUT2D eigenvalue weighted by molar-refractivity contribution is -0.115. The number of nitrogens with zero attached hydrogens (tertiary/aromatic N) is 4. The van der Waals surface area contributed by atoms with Crippen molar-refractivity contribution in [3.05, 3.63) is 47.8 Å². The van der Waals surface area contributed by atoms with Crippen molar-refractivity contribution >= 4 is 17.6 Å². The number of hydrogen-bond acceptors (Lipinski definition) is 4. The highest BCUT2D eigenvalue weighted by atomic mass is 16.5. The first kappa shape index (κ1) is 19.5. The van der Waals surface area contributed by atoms with Crippen LogP contribution in [0.5, 0.6) is 0 Å². The highest BCUT2D eigenvalue weighted by molar-refractivity contribution is 5.95. The summed E-state index contributed by atoms with van der Waals surface area (Å²) in [6.45, 7) is 2.01. The fourth-order valence-electron chi connectivity index (χ4n) is 3.03. The van der Waals surface area contributed by atoms with E-state index in [0.717, 1.165) is 11.1 Å². The molecule has 8 heteroatoms. The third kappa shape index (κ3) is 4.90. The number of guanidine groups is 1. The number of hydrogen-bond donors (Lipinski definition) is 2. The molecular formula is C20H24N6O2. The molecule has 146 valence electrons. The Hall–Kier alpha value is -3.31. The minimum Gasteiger partial charge on any atom is -0.370 e. The number of ether oxygens (including phenoxy) is 1. The van der Waals surface area contributed by atoms with E-state index in [2.05, 4.69) is 31.5 Å². The van der Waals surface area contributed by atoms with E-state index in [9.17, 15) is 4.79 Å². The van der Waals surface area contributed by atoms with Gasteiger partial charge in [-0.15, -0.1) is 6.42 Å². The molecule has 1 aliphatic rings. The maximum absolute atomic E-state index is 12.3. The normalized spacial score (nSPS) is 17.1. The van der Waals surface area contributed by atoms with Gasteiger partial charge in [0, 0.05) is 43.7 Å². The first-order valence-electron chi connectivity index (χ1n) is 9.01. The highest BCUT2D eigenvalue weighted by Crippen LogP contribution is 2.21. The summed E-state index contributed by atoms with van der Waals surface area (Å²) >= 11 is 0. The van der Waals surface area contributed by atoms with Gasteiger partial charge in [-0.3, -0.25) is 14.5 Å². The van der Waals surface area contributed by atoms with Crippen LogP contribution in [0.1, 0.15) is 17.2 Å². The van der Waals surface area contributed by atoms with Crippen molar-refractivity contribution in [2.75, 3.05) is 38.6 Å². The van der Waals surface area contributed by atoms with Gasteiger partial charge in [0.25, 0.3) is 0 Å². The molecule has 1 amide bonds. The van der Waals surface area contributed by atoms with E-state index >= 15 is 0 Å². The third-order valence-corrected chi connectivity index (χ3v) is 4.39. The number of aromatic nitrogens is 2. The van der Waals surface area contributed by atoms with E-state index < -0.39 is 0 Å². The summed E-state index contributed by atoms with van der Waals surface area (Å²) in [5.74, 6) is 3.03. The monoisotopic (exact) mass is 380 g/mol. The van der Waals surface area contributed by atoms with Gasteiger partial charge in [-0.05, 0) is 18.2 Å². The van der Waals surface area contributed by atoms with Gasteiger partial charge in [-0.2, -0.15) is 5.10 Å². The summed E-state index contributed by atoms with van der Waals surface area (Å²) in [6.07, 6.45) is 9.06. The fraction of sp³-hybridized carbons (Fsp3) is 0.350. The van der Waals surface area contributed by atoms with E-state index in [4.69, 9.17) is 11.2 Å². The smallest absolute Gasteiger partial charge is 0.243 e. The molecule has 2 N–H and O–H groups in total. The molecule has 2 heterocycles. The molecular weight excluding hydrogens is 356 g/mol. The number of nitrogens with one attached hydrogen (secondary N) is 2. The Bertz CT molecular complexity index is 898. The van der Waals surface area contributed by atoms with Crippen LogP contribution < -0.4 is 10.6 Å². The van der Waals surface area contributed by atoms with Gasteiger partial charge in [-0.1, -0.05) is 12.0 Å². The van der Waals surface area contributed by atoms with E-state index in [0.29, 0.717) is 31.3 Å². The van der Waals surface area contributed by atoms with Gasteiger partial charge >= 0.3 is 0 Å². The number of morpholine rings is 1. The summed E-state index contributed by atoms with van der Waals surface area (Å²) in [7, 11) is 3.58.